The summed E-state index contributed by atoms with van der Waals surface area (Å²) in [6.45, 7) is 6.46. The Labute approximate surface area is 145 Å². The smallest absolute Gasteiger partial charge is 0.133 e. The summed E-state index contributed by atoms with van der Waals surface area (Å²) in [6.07, 6.45) is 7.25. The predicted molar refractivity (Wildman–Crippen MR) is 92.3 cm³/mol. The van der Waals surface area contributed by atoms with Crippen molar-refractivity contribution in [3.8, 4) is 0 Å². The lowest BCUT2D eigenvalue weighted by Gasteiger charge is -2.61. The third-order valence-corrected chi connectivity index (χ3v) is 8.99. The van der Waals surface area contributed by atoms with Crippen molar-refractivity contribution in [3.05, 3.63) is 0 Å². The first-order valence-electron chi connectivity index (χ1n) is 9.97. The van der Waals surface area contributed by atoms with Crippen LogP contribution in [0.15, 0.2) is 0 Å². The highest BCUT2D eigenvalue weighted by Gasteiger charge is 2.62. The third-order valence-electron chi connectivity index (χ3n) is 8.99. The molecule has 0 unspecified atom stereocenters. The zero-order valence-corrected chi connectivity index (χ0v) is 15.4. The Hall–Kier alpha value is -0.700. The van der Waals surface area contributed by atoms with E-state index in [2.05, 4.69) is 13.8 Å². The quantitative estimate of drug-likeness (QED) is 0.795. The highest BCUT2D eigenvalue weighted by molar-refractivity contribution is 5.80. The number of hydrogen-bond donors (Lipinski definition) is 1. The zero-order valence-electron chi connectivity index (χ0n) is 15.4. The molecule has 0 spiro atoms. The zero-order chi connectivity index (χ0) is 17.3. The van der Waals surface area contributed by atoms with Crippen molar-refractivity contribution in [1.29, 1.82) is 0 Å². The minimum Gasteiger partial charge on any atom is -0.393 e. The van der Waals surface area contributed by atoms with Crippen LogP contribution in [0.1, 0.15) is 72.1 Å². The van der Waals surface area contributed by atoms with E-state index in [1.54, 1.807) is 6.92 Å². The molecule has 4 aliphatic carbocycles. The minimum atomic E-state index is -0.334. The maximum Gasteiger partial charge on any atom is 0.133 e. The van der Waals surface area contributed by atoms with Gasteiger partial charge in [-0.15, -0.1) is 0 Å². The van der Waals surface area contributed by atoms with E-state index in [9.17, 15) is 14.7 Å². The Balaban J connectivity index is 1.67. The molecule has 0 bridgehead atoms. The molecule has 3 heteroatoms. The first kappa shape index (κ1) is 16.8. The van der Waals surface area contributed by atoms with E-state index >= 15 is 0 Å². The molecule has 0 heterocycles. The monoisotopic (exact) mass is 332 g/mol. The van der Waals surface area contributed by atoms with E-state index in [0.717, 1.165) is 32.1 Å². The summed E-state index contributed by atoms with van der Waals surface area (Å²) in [5, 5.41) is 10.9. The molecule has 3 nitrogen and oxygen atoms in total. The van der Waals surface area contributed by atoms with Gasteiger partial charge in [0.05, 0.1) is 6.10 Å². The average Bonchev–Trinajstić information content (AvgIpc) is 2.87. The van der Waals surface area contributed by atoms with Crippen LogP contribution in [0.5, 0.6) is 0 Å². The Bertz CT molecular complexity index is 569. The van der Waals surface area contributed by atoms with Crippen LogP contribution in [-0.4, -0.2) is 22.8 Å². The summed E-state index contributed by atoms with van der Waals surface area (Å²) < 4.78 is 0. The molecule has 0 amide bonds. The van der Waals surface area contributed by atoms with Crippen LogP contribution < -0.4 is 0 Å². The van der Waals surface area contributed by atoms with E-state index < -0.39 is 0 Å². The molecule has 134 valence electrons. The lowest BCUT2D eigenvalue weighted by atomic mass is 9.44. The molecule has 0 aromatic rings. The second-order valence-electron chi connectivity index (χ2n) is 9.82. The summed E-state index contributed by atoms with van der Waals surface area (Å²) in [5.41, 5.74) is 0.256. The molecule has 24 heavy (non-hydrogen) atoms. The van der Waals surface area contributed by atoms with Crippen LogP contribution in [-0.2, 0) is 9.59 Å². The number of Topliss-reactive ketones (excluding diaryl/α,β-unsaturated/α-hetero) is 2. The van der Waals surface area contributed by atoms with E-state index in [1.165, 1.54) is 6.42 Å². The SMILES string of the molecule is CC(=O)[C@H]1CC[C@H]2[C@@H]3C[C@H](O)[C@@H]4CC(=O)CC[C@]4(C)[C@H]3CC[C@]12C. The molecule has 0 radical (unpaired) electrons. The molecule has 4 aliphatic rings. The van der Waals surface area contributed by atoms with Gasteiger partial charge in [0.15, 0.2) is 0 Å². The van der Waals surface area contributed by atoms with Gasteiger partial charge >= 0.3 is 0 Å². The second kappa shape index (κ2) is 5.40. The Kier molecular flexibility index (Phi) is 3.77. The van der Waals surface area contributed by atoms with Gasteiger partial charge < -0.3 is 5.11 Å². The van der Waals surface area contributed by atoms with Crippen molar-refractivity contribution in [2.24, 2.45) is 40.4 Å². The van der Waals surface area contributed by atoms with Gasteiger partial charge in [0.25, 0.3) is 0 Å². The van der Waals surface area contributed by atoms with Crippen molar-refractivity contribution in [1.82, 2.24) is 0 Å². The van der Waals surface area contributed by atoms with Crippen LogP contribution in [0.4, 0.5) is 0 Å². The van der Waals surface area contributed by atoms with Gasteiger partial charge in [-0.3, -0.25) is 9.59 Å². The molecule has 0 saturated heterocycles. The topological polar surface area (TPSA) is 54.4 Å². The lowest BCUT2D eigenvalue weighted by Crippen LogP contribution is -2.58. The fourth-order valence-corrected chi connectivity index (χ4v) is 7.76. The molecule has 4 rings (SSSR count). The van der Waals surface area contributed by atoms with Crippen LogP contribution in [0.3, 0.4) is 0 Å². The number of hydrogen-bond acceptors (Lipinski definition) is 3. The van der Waals surface area contributed by atoms with Gasteiger partial charge in [-0.2, -0.15) is 0 Å². The van der Waals surface area contributed by atoms with Crippen LogP contribution in [0.25, 0.3) is 0 Å². The van der Waals surface area contributed by atoms with Gasteiger partial charge in [0, 0.05) is 18.8 Å². The number of carbonyl (C=O) groups excluding carboxylic acids is 2. The maximum absolute atomic E-state index is 12.2. The van der Waals surface area contributed by atoms with Crippen molar-refractivity contribution < 1.29 is 14.7 Å². The molecule has 4 fully saturated rings. The fraction of sp³-hybridized carbons (Fsp3) is 0.905. The van der Waals surface area contributed by atoms with Crippen molar-refractivity contribution in [2.75, 3.05) is 0 Å². The Morgan fingerprint density at radius 2 is 1.75 bits per heavy atom. The van der Waals surface area contributed by atoms with Crippen LogP contribution in [0, 0.1) is 40.4 Å². The number of rotatable bonds is 1. The second-order valence-corrected chi connectivity index (χ2v) is 9.82. The molecule has 0 aromatic heterocycles. The Morgan fingerprint density at radius 1 is 1.04 bits per heavy atom. The number of fused-ring (bicyclic) bond motifs is 5. The number of carbonyl (C=O) groups is 2. The van der Waals surface area contributed by atoms with E-state index in [0.29, 0.717) is 42.2 Å². The predicted octanol–water partition coefficient (Wildman–Crippen LogP) is 3.77. The standard InChI is InChI=1S/C21H32O3/c1-12(22)15-4-5-16-14-11-19(24)18-10-13(23)6-8-21(18,3)17(14)7-9-20(15,16)2/h14-19,24H,4-11H2,1-3H3/t14-,15+,16-,17-,18-,19-,20+,21+/m0/s1. The third kappa shape index (κ3) is 2.12. The molecule has 4 saturated carbocycles. The molecule has 8 atom stereocenters. The summed E-state index contributed by atoms with van der Waals surface area (Å²) in [4.78, 5) is 24.1. The number of ketones is 2. The summed E-state index contributed by atoms with van der Waals surface area (Å²) in [7, 11) is 0. The molecular weight excluding hydrogens is 300 g/mol. The van der Waals surface area contributed by atoms with E-state index in [4.69, 9.17) is 0 Å². The van der Waals surface area contributed by atoms with E-state index in [-0.39, 0.29) is 28.8 Å². The first-order valence-corrected chi connectivity index (χ1v) is 9.97. The molecule has 0 aliphatic heterocycles. The minimum absolute atomic E-state index is 0.117. The average molecular weight is 332 g/mol. The van der Waals surface area contributed by atoms with Crippen molar-refractivity contribution in [3.63, 3.8) is 0 Å². The first-order chi connectivity index (χ1) is 11.3. The van der Waals surface area contributed by atoms with Crippen molar-refractivity contribution >= 4 is 11.6 Å². The lowest BCUT2D eigenvalue weighted by molar-refractivity contribution is -0.166. The van der Waals surface area contributed by atoms with Gasteiger partial charge in [-0.05, 0) is 80.0 Å². The molecule has 1 N–H and O–H groups in total. The Morgan fingerprint density at radius 3 is 2.46 bits per heavy atom. The molecule has 0 aromatic carbocycles. The van der Waals surface area contributed by atoms with Gasteiger partial charge in [0.2, 0.25) is 0 Å². The molecular formula is C21H32O3. The number of aliphatic hydroxyl groups excluding tert-OH is 1. The highest BCUT2D eigenvalue weighted by Crippen LogP contribution is 2.67. The van der Waals surface area contributed by atoms with E-state index in [1.807, 2.05) is 0 Å². The normalized spacial score (nSPS) is 53.9. The number of aliphatic hydroxyl groups is 1. The van der Waals surface area contributed by atoms with Gasteiger partial charge in [-0.25, -0.2) is 0 Å². The maximum atomic E-state index is 12.2. The van der Waals surface area contributed by atoms with Crippen LogP contribution >= 0.6 is 0 Å². The van der Waals surface area contributed by atoms with Crippen molar-refractivity contribution in [2.45, 2.75) is 78.2 Å². The van der Waals surface area contributed by atoms with Crippen LogP contribution in [0.2, 0.25) is 0 Å². The highest BCUT2D eigenvalue weighted by atomic mass is 16.3. The largest absolute Gasteiger partial charge is 0.393 e. The fourth-order valence-electron chi connectivity index (χ4n) is 7.76. The van der Waals surface area contributed by atoms with Gasteiger partial charge in [0.1, 0.15) is 11.6 Å². The summed E-state index contributed by atoms with van der Waals surface area (Å²) in [6, 6.07) is 0. The summed E-state index contributed by atoms with van der Waals surface area (Å²) in [5.74, 6) is 2.83. The van der Waals surface area contributed by atoms with Gasteiger partial charge in [-0.1, -0.05) is 13.8 Å². The summed E-state index contributed by atoms with van der Waals surface area (Å²) >= 11 is 0.